The van der Waals surface area contributed by atoms with Crippen LogP contribution < -0.4 is 24.2 Å². The fraction of sp³-hybridized carbons (Fsp3) is 0.455. The summed E-state index contributed by atoms with van der Waals surface area (Å²) in [6.07, 6.45) is -0.600. The van der Waals surface area contributed by atoms with Gasteiger partial charge in [-0.15, -0.1) is 0 Å². The molecule has 55 heavy (non-hydrogen) atoms. The monoisotopic (exact) mass is 768 g/mol. The SMILES string of the molecule is CC(C)(C)[Si](C)(C)O[C@@H](CNC[C@H](O[B-]1O[C@H](c2ccccc2)CN1C[C@H](O[Si](C)(C)C(C)(C)C)c1ccccc1)c1ccccc1)c1ccccc1.[B].[Li+]. The maximum absolute atomic E-state index is 7.19. The van der Waals surface area contributed by atoms with E-state index in [1.165, 1.54) is 11.1 Å². The molecule has 4 atom stereocenters. The van der Waals surface area contributed by atoms with Gasteiger partial charge in [-0.2, -0.15) is 0 Å². The molecule has 0 aromatic heterocycles. The molecule has 4 radical (unpaired) electrons. The number of benzene rings is 4. The molecule has 6 nitrogen and oxygen atoms in total. The summed E-state index contributed by atoms with van der Waals surface area (Å²) < 4.78 is 28.2. The molecular formula is C44H63B2LiN2O4Si2. The largest absolute Gasteiger partial charge is 1.00 e. The van der Waals surface area contributed by atoms with Crippen molar-refractivity contribution >= 4 is 32.3 Å². The van der Waals surface area contributed by atoms with Crippen LogP contribution in [-0.2, 0) is 18.2 Å². The van der Waals surface area contributed by atoms with Gasteiger partial charge < -0.3 is 28.3 Å². The summed E-state index contributed by atoms with van der Waals surface area (Å²) in [5.41, 5.74) is 4.61. The normalized spacial score (nSPS) is 17.5. The summed E-state index contributed by atoms with van der Waals surface area (Å²) in [5, 5.41) is 3.95. The average Bonchev–Trinajstić information content (AvgIpc) is 3.52. The molecule has 4 aromatic carbocycles. The van der Waals surface area contributed by atoms with Crippen LogP contribution in [-0.4, -0.2) is 63.3 Å². The fourth-order valence-corrected chi connectivity index (χ4v) is 8.71. The Balaban J connectivity index is 0.00000406. The molecule has 11 heteroatoms. The quantitative estimate of drug-likeness (QED) is 0.119. The molecule has 1 saturated heterocycles. The molecule has 5 rings (SSSR count). The van der Waals surface area contributed by atoms with Crippen LogP contribution in [0, 0.1) is 0 Å². The summed E-state index contributed by atoms with van der Waals surface area (Å²) in [6, 6.07) is 42.3. The van der Waals surface area contributed by atoms with Crippen LogP contribution in [0.5, 0.6) is 0 Å². The van der Waals surface area contributed by atoms with Gasteiger partial charge in [0.25, 0.3) is 0 Å². The van der Waals surface area contributed by atoms with Gasteiger partial charge in [0, 0.05) is 27.6 Å². The van der Waals surface area contributed by atoms with E-state index in [0.29, 0.717) is 26.2 Å². The molecule has 4 aromatic rings. The minimum absolute atomic E-state index is 0. The summed E-state index contributed by atoms with van der Waals surface area (Å²) in [5.74, 6) is 0. The van der Waals surface area contributed by atoms with Gasteiger partial charge in [0.05, 0.1) is 18.3 Å². The van der Waals surface area contributed by atoms with E-state index < -0.39 is 23.9 Å². The standard InChI is InChI=1S/C44H63BN2O4Si2.B.Li/c1-43(2,3)52(7,8)50-40(36-25-17-12-18-26-36)32-46-31-39(35-23-15-11-16-24-35)48-45-47(33-41(49-45)37-27-19-13-20-28-37)34-42(38-29-21-14-22-30-38)51-53(9,10)44(4,5)6;;/h11-30,39-42,46H,31-34H2,1-10H3;;/q-1;;+1/t39-,40-,41-,42-;;/m0../s1. The number of hydrogen-bond acceptors (Lipinski definition) is 6. The van der Waals surface area contributed by atoms with E-state index in [2.05, 4.69) is 199 Å². The van der Waals surface area contributed by atoms with Crippen LogP contribution in [0.3, 0.4) is 0 Å². The molecular weight excluding hydrogens is 705 g/mol. The van der Waals surface area contributed by atoms with Crippen LogP contribution >= 0.6 is 0 Å². The van der Waals surface area contributed by atoms with Crippen LogP contribution in [0.15, 0.2) is 121 Å². The third kappa shape index (κ3) is 12.9. The maximum atomic E-state index is 7.19. The third-order valence-corrected chi connectivity index (χ3v) is 20.5. The zero-order chi connectivity index (χ0) is 38.3. The molecule has 0 aliphatic carbocycles. The smallest absolute Gasteiger partial charge is 0.570 e. The summed E-state index contributed by atoms with van der Waals surface area (Å²) in [6.45, 7) is 25.7. The Labute approximate surface area is 349 Å². The van der Waals surface area contributed by atoms with E-state index in [-0.39, 0.29) is 61.8 Å². The van der Waals surface area contributed by atoms with Crippen molar-refractivity contribution in [1.29, 1.82) is 0 Å². The number of nitrogens with zero attached hydrogens (tertiary/aromatic N) is 1. The zero-order valence-corrected chi connectivity index (χ0v) is 37.4. The molecule has 0 saturated carbocycles. The minimum Gasteiger partial charge on any atom is -0.570 e. The van der Waals surface area contributed by atoms with Crippen molar-refractivity contribution in [2.45, 2.75) is 102 Å². The van der Waals surface area contributed by atoms with E-state index in [1.54, 1.807) is 0 Å². The van der Waals surface area contributed by atoms with E-state index in [9.17, 15) is 0 Å². The van der Waals surface area contributed by atoms with E-state index >= 15 is 0 Å². The fourth-order valence-electron chi connectivity index (χ4n) is 6.15. The Kier molecular flexibility index (Phi) is 17.6. The van der Waals surface area contributed by atoms with Crippen molar-refractivity contribution < 1.29 is 37.0 Å². The maximum Gasteiger partial charge on any atom is 1.00 e. The van der Waals surface area contributed by atoms with Gasteiger partial charge in [-0.25, -0.2) is 0 Å². The summed E-state index contributed by atoms with van der Waals surface area (Å²) in [7, 11) is -4.75. The second kappa shape index (κ2) is 20.5. The van der Waals surface area contributed by atoms with Crippen molar-refractivity contribution in [3.05, 3.63) is 144 Å². The molecule has 0 unspecified atom stereocenters. The Hall–Kier alpha value is -2.20. The van der Waals surface area contributed by atoms with Crippen LogP contribution in [0.4, 0.5) is 0 Å². The van der Waals surface area contributed by atoms with Gasteiger partial charge in [-0.05, 0) is 71.6 Å². The van der Waals surface area contributed by atoms with Crippen molar-refractivity contribution in [2.24, 2.45) is 0 Å². The molecule has 0 spiro atoms. The van der Waals surface area contributed by atoms with E-state index in [4.69, 9.17) is 18.2 Å². The first-order valence-corrected chi connectivity index (χ1v) is 25.2. The average molecular weight is 769 g/mol. The number of nitrogens with one attached hydrogen (secondary N) is 1. The van der Waals surface area contributed by atoms with Crippen LogP contribution in [0.2, 0.25) is 36.3 Å². The zero-order valence-electron chi connectivity index (χ0n) is 35.4. The van der Waals surface area contributed by atoms with Crippen molar-refractivity contribution in [3.63, 3.8) is 0 Å². The molecule has 1 aliphatic rings. The first-order valence-electron chi connectivity index (χ1n) is 19.4. The van der Waals surface area contributed by atoms with Crippen molar-refractivity contribution in [1.82, 2.24) is 10.1 Å². The van der Waals surface area contributed by atoms with Crippen LogP contribution in [0.1, 0.15) is 88.2 Å². The Morgan fingerprint density at radius 1 is 0.636 bits per heavy atom. The molecule has 0 amide bonds. The Bertz CT molecular complexity index is 1680. The Morgan fingerprint density at radius 2 is 1.02 bits per heavy atom. The topological polar surface area (TPSA) is 52.2 Å². The second-order valence-corrected chi connectivity index (χ2v) is 27.1. The first kappa shape index (κ1) is 47.2. The van der Waals surface area contributed by atoms with Gasteiger partial charge in [0.15, 0.2) is 16.6 Å². The summed E-state index contributed by atoms with van der Waals surface area (Å²) >= 11 is 0. The van der Waals surface area contributed by atoms with Crippen molar-refractivity contribution in [2.75, 3.05) is 26.2 Å². The minimum atomic E-state index is -2.12. The first-order chi connectivity index (χ1) is 25.0. The second-order valence-electron chi connectivity index (χ2n) is 17.5. The summed E-state index contributed by atoms with van der Waals surface area (Å²) in [4.78, 5) is 2.34. The molecule has 288 valence electrons. The third-order valence-electron chi connectivity index (χ3n) is 11.5. The van der Waals surface area contributed by atoms with Gasteiger partial charge in [-0.3, -0.25) is 0 Å². The molecule has 1 N–H and O–H groups in total. The molecule has 0 bridgehead atoms. The molecule has 1 fully saturated rings. The predicted molar refractivity (Wildman–Crippen MR) is 231 cm³/mol. The number of hydrogen-bond donors (Lipinski definition) is 1. The van der Waals surface area contributed by atoms with Gasteiger partial charge in [0.2, 0.25) is 7.25 Å². The van der Waals surface area contributed by atoms with Gasteiger partial charge in [0.1, 0.15) is 0 Å². The Morgan fingerprint density at radius 3 is 1.47 bits per heavy atom. The van der Waals surface area contributed by atoms with Gasteiger partial charge >= 0.3 is 18.9 Å². The van der Waals surface area contributed by atoms with Gasteiger partial charge in [-0.1, -0.05) is 163 Å². The van der Waals surface area contributed by atoms with E-state index in [0.717, 1.165) is 11.1 Å². The van der Waals surface area contributed by atoms with E-state index in [1.807, 2.05) is 0 Å². The molecule has 1 heterocycles. The number of rotatable bonds is 16. The molecule has 1 aliphatic heterocycles. The van der Waals surface area contributed by atoms with Crippen molar-refractivity contribution in [3.8, 4) is 0 Å². The predicted octanol–water partition coefficient (Wildman–Crippen LogP) is 7.54. The van der Waals surface area contributed by atoms with Crippen LogP contribution in [0.25, 0.3) is 0 Å².